The molecule has 1 unspecified atom stereocenters. The van der Waals surface area contributed by atoms with Gasteiger partial charge in [0.05, 0.1) is 24.3 Å². The maximum atomic E-state index is 14.7. The Morgan fingerprint density at radius 3 is 2.53 bits per heavy atom. The molecule has 1 atom stereocenters. The fourth-order valence-corrected chi connectivity index (χ4v) is 5.41. The van der Waals surface area contributed by atoms with Crippen molar-refractivity contribution in [2.75, 3.05) is 5.32 Å². The average Bonchev–Trinajstić information content (AvgIpc) is 3.44. The highest BCUT2D eigenvalue weighted by atomic mass is 19.1. The van der Waals surface area contributed by atoms with E-state index in [0.29, 0.717) is 10.9 Å². The number of amides is 3. The lowest BCUT2D eigenvalue weighted by atomic mass is 9.93. The molecule has 0 radical (unpaired) electrons. The van der Waals surface area contributed by atoms with Crippen LogP contribution in [0.2, 0.25) is 0 Å². The average molecular weight is 495 g/mol. The predicted octanol–water partition coefficient (Wildman–Crippen LogP) is 4.35. The summed E-state index contributed by atoms with van der Waals surface area (Å²) in [5.41, 5.74) is -0.258. The number of nitrogens with one attached hydrogen (secondary N) is 2. The van der Waals surface area contributed by atoms with E-state index in [1.807, 2.05) is 0 Å². The zero-order valence-corrected chi connectivity index (χ0v) is 20.2. The summed E-state index contributed by atoms with van der Waals surface area (Å²) in [4.78, 5) is 41.2. The zero-order chi connectivity index (χ0) is 25.6. The molecule has 3 aromatic rings. The quantitative estimate of drug-likeness (QED) is 0.553. The normalized spacial score (nSPS) is 20.0. The Morgan fingerprint density at radius 2 is 1.83 bits per heavy atom. The molecule has 2 aliphatic rings. The number of anilines is 1. The number of rotatable bonds is 5. The van der Waals surface area contributed by atoms with E-state index >= 15 is 0 Å². The number of carbonyl (C=O) groups is 3. The summed E-state index contributed by atoms with van der Waals surface area (Å²) in [6.45, 7) is 2.89. The van der Waals surface area contributed by atoms with Gasteiger partial charge >= 0.3 is 0 Å². The molecule has 9 heteroatoms. The number of fused-ring (bicyclic) bond motifs is 3. The lowest BCUT2D eigenvalue weighted by molar-refractivity contribution is -0.133. The van der Waals surface area contributed by atoms with Gasteiger partial charge < -0.3 is 20.1 Å². The summed E-state index contributed by atoms with van der Waals surface area (Å²) in [5.74, 6) is -2.30. The molecule has 0 bridgehead atoms. The molecule has 5 rings (SSSR count). The molecule has 0 saturated heterocycles. The minimum Gasteiger partial charge on any atom is -0.351 e. The molecule has 2 N–H and O–H groups in total. The Balaban J connectivity index is 1.67. The van der Waals surface area contributed by atoms with E-state index in [4.69, 9.17) is 0 Å². The van der Waals surface area contributed by atoms with Gasteiger partial charge in [-0.15, -0.1) is 0 Å². The Labute approximate surface area is 207 Å². The van der Waals surface area contributed by atoms with Crippen LogP contribution in [0.25, 0.3) is 10.9 Å². The standard InChI is InChI=1S/C27H28F2N4O3/c1-16(34)30-23-20-13-18(28)11-12-22(20)32-15-27(2,26(36)31-19-8-4-5-9-19)33(25(35)24(23)32)14-17-7-3-6-10-21(17)29/h3,6-7,10-13,19H,4-5,8-9,14-15H2,1-2H3,(H,30,34)(H,31,36). The van der Waals surface area contributed by atoms with Gasteiger partial charge in [0.2, 0.25) is 11.8 Å². The fourth-order valence-electron chi connectivity index (χ4n) is 5.41. The van der Waals surface area contributed by atoms with E-state index in [1.165, 1.54) is 36.1 Å². The molecule has 1 fully saturated rings. The zero-order valence-electron chi connectivity index (χ0n) is 20.2. The first-order valence-electron chi connectivity index (χ1n) is 12.1. The molecule has 188 valence electrons. The van der Waals surface area contributed by atoms with Crippen molar-refractivity contribution in [1.82, 2.24) is 14.8 Å². The number of hydrogen-bond acceptors (Lipinski definition) is 3. The number of nitrogens with zero attached hydrogens (tertiary/aromatic N) is 2. The van der Waals surface area contributed by atoms with Crippen LogP contribution < -0.4 is 10.6 Å². The minimum absolute atomic E-state index is 0.0200. The lowest BCUT2D eigenvalue weighted by Crippen LogP contribution is -2.64. The van der Waals surface area contributed by atoms with E-state index in [9.17, 15) is 23.2 Å². The second-order valence-corrected chi connectivity index (χ2v) is 9.86. The van der Waals surface area contributed by atoms with Crippen LogP contribution in [0.3, 0.4) is 0 Å². The van der Waals surface area contributed by atoms with Crippen LogP contribution in [0, 0.1) is 11.6 Å². The van der Waals surface area contributed by atoms with Crippen LogP contribution >= 0.6 is 0 Å². The molecule has 1 aliphatic heterocycles. The SMILES string of the molecule is CC(=O)Nc1c2n(c3ccc(F)cc13)CC(C)(C(=O)NC1CCCC1)N(Cc1ccccc1F)C2=O. The van der Waals surface area contributed by atoms with Crippen LogP contribution in [0.5, 0.6) is 0 Å². The topological polar surface area (TPSA) is 83.4 Å². The molecule has 1 aromatic heterocycles. The van der Waals surface area contributed by atoms with Crippen molar-refractivity contribution >= 4 is 34.3 Å². The molecule has 1 aliphatic carbocycles. The molecule has 0 spiro atoms. The summed E-state index contributed by atoms with van der Waals surface area (Å²) in [5, 5.41) is 6.13. The Hall–Kier alpha value is -3.75. The first kappa shape index (κ1) is 24.0. The van der Waals surface area contributed by atoms with Crippen molar-refractivity contribution in [3.8, 4) is 0 Å². The second kappa shape index (κ2) is 9.04. The highest BCUT2D eigenvalue weighted by Gasteiger charge is 2.49. The Bertz CT molecular complexity index is 1380. The second-order valence-electron chi connectivity index (χ2n) is 9.86. The predicted molar refractivity (Wildman–Crippen MR) is 131 cm³/mol. The number of benzene rings is 2. The van der Waals surface area contributed by atoms with Crippen molar-refractivity contribution in [3.63, 3.8) is 0 Å². The Morgan fingerprint density at radius 1 is 1.11 bits per heavy atom. The highest BCUT2D eigenvalue weighted by molar-refractivity contribution is 6.14. The van der Waals surface area contributed by atoms with E-state index in [1.54, 1.807) is 29.7 Å². The van der Waals surface area contributed by atoms with Gasteiger partial charge in [-0.25, -0.2) is 8.78 Å². The summed E-state index contributed by atoms with van der Waals surface area (Å²) >= 11 is 0. The van der Waals surface area contributed by atoms with Crippen molar-refractivity contribution in [2.24, 2.45) is 0 Å². The number of hydrogen-bond donors (Lipinski definition) is 2. The third kappa shape index (κ3) is 4.02. The largest absolute Gasteiger partial charge is 0.351 e. The van der Waals surface area contributed by atoms with Gasteiger partial charge in [-0.05, 0) is 44.0 Å². The monoisotopic (exact) mass is 494 g/mol. The van der Waals surface area contributed by atoms with Crippen LogP contribution in [-0.2, 0) is 22.7 Å². The van der Waals surface area contributed by atoms with Crippen molar-refractivity contribution < 1.29 is 23.2 Å². The molecule has 2 aromatic carbocycles. The van der Waals surface area contributed by atoms with Crippen molar-refractivity contribution in [3.05, 3.63) is 65.4 Å². The van der Waals surface area contributed by atoms with Gasteiger partial charge in [0.1, 0.15) is 22.9 Å². The van der Waals surface area contributed by atoms with Gasteiger partial charge in [-0.3, -0.25) is 14.4 Å². The molecular formula is C27H28F2N4O3. The van der Waals surface area contributed by atoms with Crippen molar-refractivity contribution in [2.45, 2.75) is 64.2 Å². The molecular weight excluding hydrogens is 466 g/mol. The first-order valence-corrected chi connectivity index (χ1v) is 12.1. The van der Waals surface area contributed by atoms with Gasteiger partial charge in [-0.2, -0.15) is 0 Å². The van der Waals surface area contributed by atoms with Crippen LogP contribution in [0.15, 0.2) is 42.5 Å². The van der Waals surface area contributed by atoms with Gasteiger partial charge in [0.15, 0.2) is 0 Å². The van der Waals surface area contributed by atoms with Crippen molar-refractivity contribution in [1.29, 1.82) is 0 Å². The minimum atomic E-state index is -1.36. The summed E-state index contributed by atoms with van der Waals surface area (Å²) < 4.78 is 30.5. The molecule has 7 nitrogen and oxygen atoms in total. The fraction of sp³-hybridized carbons (Fsp3) is 0.370. The first-order chi connectivity index (χ1) is 17.2. The summed E-state index contributed by atoms with van der Waals surface area (Å²) in [6, 6.07) is 10.2. The Kier molecular flexibility index (Phi) is 6.02. The third-order valence-electron chi connectivity index (χ3n) is 7.30. The smallest absolute Gasteiger partial charge is 0.273 e. The number of aromatic nitrogens is 1. The van der Waals surface area contributed by atoms with E-state index in [2.05, 4.69) is 10.6 Å². The van der Waals surface area contributed by atoms with E-state index in [-0.39, 0.29) is 42.0 Å². The van der Waals surface area contributed by atoms with Crippen LogP contribution in [0.4, 0.5) is 14.5 Å². The van der Waals surface area contributed by atoms with Gasteiger partial charge in [0.25, 0.3) is 5.91 Å². The lowest BCUT2D eigenvalue weighted by Gasteiger charge is -2.44. The maximum Gasteiger partial charge on any atom is 0.273 e. The number of halogens is 2. The summed E-state index contributed by atoms with van der Waals surface area (Å²) in [6.07, 6.45) is 3.79. The molecule has 2 heterocycles. The van der Waals surface area contributed by atoms with E-state index in [0.717, 1.165) is 25.7 Å². The summed E-state index contributed by atoms with van der Waals surface area (Å²) in [7, 11) is 0. The van der Waals surface area contributed by atoms with Gasteiger partial charge in [-0.1, -0.05) is 31.0 Å². The number of carbonyl (C=O) groups excluding carboxylic acids is 3. The highest BCUT2D eigenvalue weighted by Crippen LogP contribution is 2.40. The molecule has 3 amide bonds. The van der Waals surface area contributed by atoms with Crippen LogP contribution in [0.1, 0.15) is 55.6 Å². The van der Waals surface area contributed by atoms with Gasteiger partial charge in [0, 0.05) is 23.9 Å². The van der Waals surface area contributed by atoms with Crippen LogP contribution in [-0.4, -0.2) is 38.8 Å². The maximum absolute atomic E-state index is 14.7. The molecule has 36 heavy (non-hydrogen) atoms. The molecule has 1 saturated carbocycles. The third-order valence-corrected chi connectivity index (χ3v) is 7.30. The van der Waals surface area contributed by atoms with E-state index < -0.39 is 29.0 Å².